The zero-order valence-corrected chi connectivity index (χ0v) is 13.3. The van der Waals surface area contributed by atoms with E-state index in [-0.39, 0.29) is 13.0 Å². The van der Waals surface area contributed by atoms with Gasteiger partial charge in [-0.2, -0.15) is 0 Å². The van der Waals surface area contributed by atoms with E-state index in [4.69, 9.17) is 15.6 Å². The number of hydrogen-bond acceptors (Lipinski definition) is 6. The zero-order valence-electron chi connectivity index (χ0n) is 12.5. The van der Waals surface area contributed by atoms with Crippen LogP contribution < -0.4 is 11.1 Å². The number of hydrogen-bond donors (Lipinski definition) is 3. The van der Waals surface area contributed by atoms with Crippen LogP contribution in [0, 0.1) is 12.8 Å². The van der Waals surface area contributed by atoms with Gasteiger partial charge in [-0.05, 0) is 19.1 Å². The number of carboxylic acids is 1. The Morgan fingerprint density at radius 1 is 1.41 bits per heavy atom. The predicted molar refractivity (Wildman–Crippen MR) is 81.5 cm³/mol. The Morgan fingerprint density at radius 2 is 2.09 bits per heavy atom. The van der Waals surface area contributed by atoms with E-state index < -0.39 is 29.8 Å². The summed E-state index contributed by atoms with van der Waals surface area (Å²) in [5.74, 6) is -3.14. The Bertz CT molecular complexity index is 543. The third kappa shape index (κ3) is 5.45. The van der Waals surface area contributed by atoms with Gasteiger partial charge in [-0.15, -0.1) is 11.3 Å². The fourth-order valence-corrected chi connectivity index (χ4v) is 2.85. The van der Waals surface area contributed by atoms with Gasteiger partial charge in [0.05, 0.1) is 19.4 Å². The number of amides is 1. The molecule has 8 heteroatoms. The van der Waals surface area contributed by atoms with Crippen molar-refractivity contribution >= 4 is 29.2 Å². The molecule has 0 aromatic carbocycles. The number of thiophene rings is 1. The van der Waals surface area contributed by atoms with Crippen molar-refractivity contribution in [2.24, 2.45) is 11.7 Å². The summed E-state index contributed by atoms with van der Waals surface area (Å²) < 4.78 is 4.69. The highest BCUT2D eigenvalue weighted by molar-refractivity contribution is 7.11. The van der Waals surface area contributed by atoms with E-state index in [1.54, 1.807) is 0 Å². The van der Waals surface area contributed by atoms with Crippen LogP contribution in [-0.2, 0) is 25.5 Å². The lowest BCUT2D eigenvalue weighted by Crippen LogP contribution is -2.47. The molecule has 22 heavy (non-hydrogen) atoms. The van der Waals surface area contributed by atoms with Crippen molar-refractivity contribution in [2.45, 2.75) is 25.8 Å². The molecule has 1 unspecified atom stereocenters. The number of carbonyl (C=O) groups excluding carboxylic acids is 2. The molecule has 0 saturated heterocycles. The second kappa shape index (κ2) is 8.50. The minimum absolute atomic E-state index is 0.107. The van der Waals surface area contributed by atoms with Gasteiger partial charge in [0.25, 0.3) is 0 Å². The number of aliphatic carboxylic acids is 1. The van der Waals surface area contributed by atoms with Crippen LogP contribution >= 0.6 is 11.3 Å². The quantitative estimate of drug-likeness (QED) is 0.591. The summed E-state index contributed by atoms with van der Waals surface area (Å²) >= 11 is 1.52. The Kier molecular flexibility index (Phi) is 7.00. The number of aryl methyl sites for hydroxylation is 1. The maximum absolute atomic E-state index is 12.1. The maximum atomic E-state index is 12.1. The van der Waals surface area contributed by atoms with Gasteiger partial charge in [0.2, 0.25) is 5.91 Å². The van der Waals surface area contributed by atoms with E-state index in [2.05, 4.69) is 5.32 Å². The van der Waals surface area contributed by atoms with E-state index in [0.717, 1.165) is 9.75 Å². The lowest BCUT2D eigenvalue weighted by Gasteiger charge is -2.19. The third-order valence-corrected chi connectivity index (χ3v) is 4.10. The maximum Gasteiger partial charge on any atom is 0.328 e. The first-order chi connectivity index (χ1) is 10.4. The number of esters is 1. The van der Waals surface area contributed by atoms with Gasteiger partial charge in [-0.1, -0.05) is 0 Å². The minimum Gasteiger partial charge on any atom is -0.481 e. The summed E-state index contributed by atoms with van der Waals surface area (Å²) in [6, 6.07) is 2.93. The molecule has 2 atom stereocenters. The van der Waals surface area contributed by atoms with Crippen LogP contribution in [0.25, 0.3) is 0 Å². The first-order valence-electron chi connectivity index (χ1n) is 6.72. The average Bonchev–Trinajstić information content (AvgIpc) is 2.88. The lowest BCUT2D eigenvalue weighted by molar-refractivity contribution is -0.146. The summed E-state index contributed by atoms with van der Waals surface area (Å²) in [5.41, 5.74) is 5.42. The molecule has 122 valence electrons. The molecule has 1 amide bonds. The second-order valence-electron chi connectivity index (χ2n) is 4.83. The molecule has 1 heterocycles. The topological polar surface area (TPSA) is 119 Å². The number of rotatable bonds is 8. The van der Waals surface area contributed by atoms with Crippen LogP contribution in [0.1, 0.15) is 16.2 Å². The molecule has 0 bridgehead atoms. The van der Waals surface area contributed by atoms with E-state index in [1.807, 2.05) is 19.1 Å². The lowest BCUT2D eigenvalue weighted by atomic mass is 10.0. The molecule has 1 aromatic heterocycles. The summed E-state index contributed by atoms with van der Waals surface area (Å²) in [4.78, 5) is 36.6. The fraction of sp³-hybridized carbons (Fsp3) is 0.500. The zero-order chi connectivity index (χ0) is 16.7. The highest BCUT2D eigenvalue weighted by atomic mass is 32.1. The van der Waals surface area contributed by atoms with E-state index in [1.165, 1.54) is 18.4 Å². The smallest absolute Gasteiger partial charge is 0.328 e. The molecule has 0 radical (unpaired) electrons. The van der Waals surface area contributed by atoms with E-state index in [9.17, 15) is 14.4 Å². The largest absolute Gasteiger partial charge is 0.481 e. The van der Waals surface area contributed by atoms with Gasteiger partial charge in [0.1, 0.15) is 6.04 Å². The van der Waals surface area contributed by atoms with Crippen molar-refractivity contribution < 1.29 is 24.2 Å². The van der Waals surface area contributed by atoms with Gasteiger partial charge < -0.3 is 20.9 Å². The standard InChI is InChI=1S/C14H20N2O5S/c1-8-3-4-10(22-8)6-11(14(20)21-2)16-13(19)9(7-15)5-12(17)18/h3-4,9,11H,5-7,15H2,1-2H3,(H,16,19)(H,17,18)/t9-,11?/m1/s1. The van der Waals surface area contributed by atoms with Crippen molar-refractivity contribution in [2.75, 3.05) is 13.7 Å². The summed E-state index contributed by atoms with van der Waals surface area (Å²) in [7, 11) is 1.23. The van der Waals surface area contributed by atoms with Crippen molar-refractivity contribution in [3.63, 3.8) is 0 Å². The summed E-state index contributed by atoms with van der Waals surface area (Å²) in [5, 5.41) is 11.3. The molecule has 0 fully saturated rings. The van der Waals surface area contributed by atoms with Crippen molar-refractivity contribution in [3.8, 4) is 0 Å². The summed E-state index contributed by atoms with van der Waals surface area (Å²) in [6.45, 7) is 1.83. The number of carboxylic acid groups (broad SMARTS) is 1. The van der Waals surface area contributed by atoms with Crippen LogP contribution in [0.3, 0.4) is 0 Å². The molecular formula is C14H20N2O5S. The van der Waals surface area contributed by atoms with Crippen LogP contribution in [0.2, 0.25) is 0 Å². The molecule has 7 nitrogen and oxygen atoms in total. The molecule has 1 aromatic rings. The van der Waals surface area contributed by atoms with Crippen LogP contribution in [-0.4, -0.2) is 42.6 Å². The number of ether oxygens (including phenoxy) is 1. The predicted octanol–water partition coefficient (Wildman–Crippen LogP) is 0.306. The van der Waals surface area contributed by atoms with E-state index in [0.29, 0.717) is 6.42 Å². The van der Waals surface area contributed by atoms with Gasteiger partial charge in [0, 0.05) is 22.7 Å². The number of methoxy groups -OCH3 is 1. The first-order valence-corrected chi connectivity index (χ1v) is 7.54. The van der Waals surface area contributed by atoms with Crippen molar-refractivity contribution in [3.05, 3.63) is 21.9 Å². The molecule has 4 N–H and O–H groups in total. The van der Waals surface area contributed by atoms with Gasteiger partial charge in [-0.25, -0.2) is 4.79 Å². The molecule has 0 aliphatic carbocycles. The molecule has 0 spiro atoms. The molecule has 1 rings (SSSR count). The third-order valence-electron chi connectivity index (χ3n) is 3.08. The van der Waals surface area contributed by atoms with Gasteiger partial charge >= 0.3 is 11.9 Å². The molecule has 0 aliphatic heterocycles. The highest BCUT2D eigenvalue weighted by Gasteiger charge is 2.27. The SMILES string of the molecule is COC(=O)C(Cc1ccc(C)s1)NC(=O)[C@@H](CN)CC(=O)O. The van der Waals surface area contributed by atoms with Crippen LogP contribution in [0.5, 0.6) is 0 Å². The minimum atomic E-state index is -1.12. The highest BCUT2D eigenvalue weighted by Crippen LogP contribution is 2.17. The Labute approximate surface area is 132 Å². The molecule has 0 aliphatic rings. The Hall–Kier alpha value is -1.93. The number of nitrogens with two attached hydrogens (primary N) is 1. The normalized spacial score (nSPS) is 13.2. The summed E-state index contributed by atoms with van der Waals surface area (Å²) in [6.07, 6.45) is -0.0877. The second-order valence-corrected chi connectivity index (χ2v) is 6.20. The van der Waals surface area contributed by atoms with Gasteiger partial charge in [-0.3, -0.25) is 9.59 Å². The van der Waals surface area contributed by atoms with Crippen LogP contribution in [0.15, 0.2) is 12.1 Å². The monoisotopic (exact) mass is 328 g/mol. The van der Waals surface area contributed by atoms with Gasteiger partial charge in [0.15, 0.2) is 0 Å². The molecular weight excluding hydrogens is 308 g/mol. The number of nitrogens with one attached hydrogen (secondary N) is 1. The Balaban J connectivity index is 2.77. The Morgan fingerprint density at radius 3 is 2.55 bits per heavy atom. The fourth-order valence-electron chi connectivity index (χ4n) is 1.91. The van der Waals surface area contributed by atoms with Crippen molar-refractivity contribution in [1.29, 1.82) is 0 Å². The first kappa shape index (κ1) is 18.1. The van der Waals surface area contributed by atoms with E-state index >= 15 is 0 Å². The van der Waals surface area contributed by atoms with Crippen molar-refractivity contribution in [1.82, 2.24) is 5.32 Å². The van der Waals surface area contributed by atoms with Crippen LogP contribution in [0.4, 0.5) is 0 Å². The number of carbonyl (C=O) groups is 3. The molecule has 0 saturated carbocycles. The average molecular weight is 328 g/mol.